The van der Waals surface area contributed by atoms with Gasteiger partial charge in [0.05, 0.1) is 0 Å². The molecule has 0 bridgehead atoms. The number of anilines is 1. The summed E-state index contributed by atoms with van der Waals surface area (Å²) in [7, 11) is 1.75. The molecule has 8 nitrogen and oxygen atoms in total. The zero-order chi connectivity index (χ0) is 13.1. The lowest BCUT2D eigenvalue weighted by atomic mass is 10.7. The Kier molecular flexibility index (Phi) is 3.33. The van der Waals surface area contributed by atoms with Crippen molar-refractivity contribution in [2.75, 3.05) is 12.4 Å². The van der Waals surface area contributed by atoms with Crippen LogP contribution in [-0.2, 0) is 0 Å². The van der Waals surface area contributed by atoms with E-state index in [1.165, 1.54) is 23.1 Å². The third kappa shape index (κ3) is 2.69. The summed E-state index contributed by atoms with van der Waals surface area (Å²) in [6.07, 6.45) is 3.44. The summed E-state index contributed by atoms with van der Waals surface area (Å²) in [6, 6.07) is 1.81. The Bertz CT molecular complexity index is 651. The van der Waals surface area contributed by atoms with E-state index in [-0.39, 0.29) is 0 Å². The Labute approximate surface area is 116 Å². The molecule has 0 aliphatic heterocycles. The highest BCUT2D eigenvalue weighted by atomic mass is 32.2. The van der Waals surface area contributed by atoms with Crippen LogP contribution in [0.5, 0.6) is 0 Å². The topological polar surface area (TPSA) is 94.3 Å². The van der Waals surface area contributed by atoms with E-state index < -0.39 is 0 Å². The van der Waals surface area contributed by atoms with Crippen LogP contribution in [0.25, 0.3) is 5.95 Å². The van der Waals surface area contributed by atoms with Gasteiger partial charge in [0.15, 0.2) is 4.34 Å². The average molecular weight is 292 g/mol. The van der Waals surface area contributed by atoms with Crippen molar-refractivity contribution in [3.05, 3.63) is 24.0 Å². The molecule has 3 aromatic rings. The van der Waals surface area contributed by atoms with Crippen LogP contribution in [-0.4, -0.2) is 42.0 Å². The second kappa shape index (κ2) is 5.28. The zero-order valence-corrected chi connectivity index (χ0v) is 11.4. The van der Waals surface area contributed by atoms with Crippen molar-refractivity contribution in [1.29, 1.82) is 0 Å². The molecule has 0 fully saturated rings. The summed E-state index contributed by atoms with van der Waals surface area (Å²) in [4.78, 5) is 12.8. The van der Waals surface area contributed by atoms with Crippen LogP contribution in [0.15, 0.2) is 33.5 Å². The van der Waals surface area contributed by atoms with Crippen molar-refractivity contribution in [2.45, 2.75) is 9.50 Å². The summed E-state index contributed by atoms with van der Waals surface area (Å²) in [5.41, 5.74) is 1.66. The maximum Gasteiger partial charge on any atom is 0.256 e. The van der Waals surface area contributed by atoms with Crippen LogP contribution in [0, 0.1) is 0 Å². The molecule has 19 heavy (non-hydrogen) atoms. The molecule has 1 N–H and O–H groups in total. The van der Waals surface area contributed by atoms with E-state index in [0.717, 1.165) is 4.34 Å². The van der Waals surface area contributed by atoms with Crippen LogP contribution >= 0.6 is 23.1 Å². The monoisotopic (exact) mass is 292 g/mol. The Morgan fingerprint density at radius 2 is 2.26 bits per heavy atom. The van der Waals surface area contributed by atoms with Crippen LogP contribution < -0.4 is 5.32 Å². The first-order valence-electron chi connectivity index (χ1n) is 5.23. The van der Waals surface area contributed by atoms with Gasteiger partial charge in [-0.15, -0.1) is 10.2 Å². The molecule has 0 radical (unpaired) electrons. The van der Waals surface area contributed by atoms with E-state index in [0.29, 0.717) is 17.1 Å². The predicted octanol–water partition coefficient (Wildman–Crippen LogP) is 1.10. The van der Waals surface area contributed by atoms with Gasteiger partial charge in [0.2, 0.25) is 11.1 Å². The minimum absolute atomic E-state index is 0.455. The van der Waals surface area contributed by atoms with E-state index in [9.17, 15) is 0 Å². The number of rotatable bonds is 4. The van der Waals surface area contributed by atoms with E-state index >= 15 is 0 Å². The molecule has 0 spiro atoms. The SMILES string of the molecule is CNc1nc(Sc2nncs2)nc(-n2cccn2)n1. The van der Waals surface area contributed by atoms with Crippen LogP contribution in [0.3, 0.4) is 0 Å². The minimum Gasteiger partial charge on any atom is -0.357 e. The van der Waals surface area contributed by atoms with E-state index in [2.05, 4.69) is 35.6 Å². The molecule has 0 aliphatic carbocycles. The van der Waals surface area contributed by atoms with Gasteiger partial charge >= 0.3 is 0 Å². The Balaban J connectivity index is 1.98. The molecule has 0 saturated carbocycles. The molecule has 3 heterocycles. The second-order valence-corrected chi connectivity index (χ2v) is 5.30. The summed E-state index contributed by atoms with van der Waals surface area (Å²) in [6.45, 7) is 0. The number of hydrogen-bond donors (Lipinski definition) is 1. The van der Waals surface area contributed by atoms with Crippen molar-refractivity contribution >= 4 is 29.0 Å². The largest absolute Gasteiger partial charge is 0.357 e. The number of nitrogens with zero attached hydrogens (tertiary/aromatic N) is 7. The minimum atomic E-state index is 0.455. The van der Waals surface area contributed by atoms with E-state index in [1.807, 2.05) is 0 Å². The van der Waals surface area contributed by atoms with Crippen LogP contribution in [0.2, 0.25) is 0 Å². The second-order valence-electron chi connectivity index (χ2n) is 3.25. The number of hydrogen-bond acceptors (Lipinski definition) is 9. The molecular formula is C9H8N8S2. The van der Waals surface area contributed by atoms with Gasteiger partial charge in [-0.1, -0.05) is 11.3 Å². The van der Waals surface area contributed by atoms with E-state index in [1.54, 1.807) is 35.7 Å². The molecule has 96 valence electrons. The summed E-state index contributed by atoms with van der Waals surface area (Å²) in [5.74, 6) is 0.934. The molecule has 3 rings (SSSR count). The highest BCUT2D eigenvalue weighted by Gasteiger charge is 2.10. The van der Waals surface area contributed by atoms with Gasteiger partial charge in [0.1, 0.15) is 5.51 Å². The molecule has 10 heteroatoms. The Hall–Kier alpha value is -2.07. The van der Waals surface area contributed by atoms with Gasteiger partial charge in [-0.05, 0) is 17.8 Å². The molecule has 0 saturated heterocycles. The van der Waals surface area contributed by atoms with E-state index in [4.69, 9.17) is 0 Å². The van der Waals surface area contributed by atoms with Crippen molar-refractivity contribution in [1.82, 2.24) is 34.9 Å². The number of aromatic nitrogens is 7. The van der Waals surface area contributed by atoms with Gasteiger partial charge in [0.25, 0.3) is 5.95 Å². The molecule has 0 atom stereocenters. The highest BCUT2D eigenvalue weighted by Crippen LogP contribution is 2.26. The van der Waals surface area contributed by atoms with Gasteiger partial charge in [0, 0.05) is 19.4 Å². The third-order valence-electron chi connectivity index (χ3n) is 2.05. The van der Waals surface area contributed by atoms with Gasteiger partial charge in [-0.25, -0.2) is 4.68 Å². The van der Waals surface area contributed by atoms with Crippen LogP contribution in [0.4, 0.5) is 5.95 Å². The van der Waals surface area contributed by atoms with Gasteiger partial charge < -0.3 is 5.32 Å². The fraction of sp³-hybridized carbons (Fsp3) is 0.111. The first-order chi connectivity index (χ1) is 9.35. The molecule has 0 amide bonds. The molecule has 0 unspecified atom stereocenters. The average Bonchev–Trinajstić information content (AvgIpc) is 3.11. The maximum atomic E-state index is 4.34. The molecule has 0 aliphatic rings. The lowest BCUT2D eigenvalue weighted by Crippen LogP contribution is -2.07. The van der Waals surface area contributed by atoms with Crippen molar-refractivity contribution < 1.29 is 0 Å². The summed E-state index contributed by atoms with van der Waals surface area (Å²) >= 11 is 2.77. The first-order valence-corrected chi connectivity index (χ1v) is 6.92. The van der Waals surface area contributed by atoms with Gasteiger partial charge in [-0.2, -0.15) is 20.1 Å². The summed E-state index contributed by atoms with van der Waals surface area (Å²) < 4.78 is 2.35. The van der Waals surface area contributed by atoms with Gasteiger partial charge in [-0.3, -0.25) is 0 Å². The predicted molar refractivity (Wildman–Crippen MR) is 70.5 cm³/mol. The van der Waals surface area contributed by atoms with Crippen molar-refractivity contribution in [3.8, 4) is 5.95 Å². The Morgan fingerprint density at radius 3 is 2.95 bits per heavy atom. The highest BCUT2D eigenvalue weighted by molar-refractivity contribution is 8.00. The fourth-order valence-electron chi connectivity index (χ4n) is 1.28. The standard InChI is InChI=1S/C9H8N8S2/c1-10-6-13-7(17-4-2-3-12-17)15-8(14-6)19-9-16-11-5-18-9/h2-5H,1H3,(H,10,13,14,15). The Morgan fingerprint density at radius 1 is 1.32 bits per heavy atom. The maximum absolute atomic E-state index is 4.34. The lowest BCUT2D eigenvalue weighted by Gasteiger charge is -2.04. The zero-order valence-electron chi connectivity index (χ0n) is 9.76. The quantitative estimate of drug-likeness (QED) is 0.764. The summed E-state index contributed by atoms with van der Waals surface area (Å²) in [5, 5.41) is 15.3. The molecule has 3 aromatic heterocycles. The fourth-order valence-corrected chi connectivity index (χ4v) is 2.61. The first kappa shape index (κ1) is 12.0. The number of nitrogens with one attached hydrogen (secondary N) is 1. The van der Waals surface area contributed by atoms with Crippen LogP contribution in [0.1, 0.15) is 0 Å². The van der Waals surface area contributed by atoms with Crippen molar-refractivity contribution in [3.63, 3.8) is 0 Å². The molecular weight excluding hydrogens is 284 g/mol. The smallest absolute Gasteiger partial charge is 0.256 e. The third-order valence-corrected chi connectivity index (χ3v) is 3.70. The van der Waals surface area contributed by atoms with Crippen molar-refractivity contribution in [2.24, 2.45) is 0 Å². The normalized spacial score (nSPS) is 10.6. The lowest BCUT2D eigenvalue weighted by molar-refractivity contribution is 0.762. The molecule has 0 aromatic carbocycles.